The number of rotatable bonds is 6. The van der Waals surface area contributed by atoms with Crippen LogP contribution in [0.15, 0.2) is 0 Å². The summed E-state index contributed by atoms with van der Waals surface area (Å²) in [6.45, 7) is 2.81. The van der Waals surface area contributed by atoms with Gasteiger partial charge in [-0.15, -0.1) is 0 Å². The maximum Gasteiger partial charge on any atom is 0.673 e. The number of hydrogen-bond acceptors (Lipinski definition) is 0. The summed E-state index contributed by atoms with van der Waals surface area (Å²) in [6.07, 6.45) is 25.4. The molecule has 4 saturated carbocycles. The van der Waals surface area contributed by atoms with Crippen molar-refractivity contribution in [2.24, 2.45) is 0 Å². The Balaban J connectivity index is 0.000000431. The third kappa shape index (κ3) is 7.34. The van der Waals surface area contributed by atoms with Gasteiger partial charge in [0, 0.05) is 0 Å². The Morgan fingerprint density at radius 3 is 0.862 bits per heavy atom. The molecule has 0 saturated heterocycles. The summed E-state index contributed by atoms with van der Waals surface area (Å²) < 4.78 is 39.0. The Labute approximate surface area is 178 Å². The van der Waals surface area contributed by atoms with Crippen molar-refractivity contribution < 1.29 is 17.3 Å². The maximum absolute atomic E-state index is 9.75. The molecule has 4 fully saturated rings. The van der Waals surface area contributed by atoms with E-state index in [2.05, 4.69) is 6.92 Å². The third-order valence-electron chi connectivity index (χ3n) is 7.85. The first-order valence-electron chi connectivity index (χ1n) is 12.3. The monoisotopic (exact) mass is 453 g/mol. The summed E-state index contributed by atoms with van der Waals surface area (Å²) in [5.74, 6) is 0. The first-order chi connectivity index (χ1) is 13.8. The van der Waals surface area contributed by atoms with E-state index in [1.807, 2.05) is 0 Å². The normalized spacial score (nSPS) is 25.7. The van der Waals surface area contributed by atoms with E-state index in [-0.39, 0.29) is 0 Å². The fraction of sp³-hybridized carbons (Fsp3) is 1.00. The topological polar surface area (TPSA) is 0 Å². The lowest BCUT2D eigenvalue weighted by Gasteiger charge is -2.44. The molecule has 0 unspecified atom stereocenters. The molecule has 0 spiro atoms. The van der Waals surface area contributed by atoms with Gasteiger partial charge in [0.2, 0.25) is 0 Å². The second-order valence-corrected chi connectivity index (χ2v) is 16.4. The second kappa shape index (κ2) is 11.5. The molecule has 0 bridgehead atoms. The van der Waals surface area contributed by atoms with Crippen LogP contribution in [0.5, 0.6) is 0 Å². The molecule has 29 heavy (non-hydrogen) atoms. The van der Waals surface area contributed by atoms with Gasteiger partial charge in [-0.1, -0.05) is 74.1 Å². The van der Waals surface area contributed by atoms with Crippen LogP contribution >= 0.6 is 15.8 Å². The fourth-order valence-corrected chi connectivity index (χ4v) is 17.8. The van der Waals surface area contributed by atoms with Crippen molar-refractivity contribution in [1.29, 1.82) is 0 Å². The zero-order chi connectivity index (χ0) is 20.9. The predicted octanol–water partition coefficient (Wildman–Crippen LogP) is 9.37. The zero-order valence-electron chi connectivity index (χ0n) is 18.2. The molecule has 0 atom stereocenters. The lowest BCUT2D eigenvalue weighted by Crippen LogP contribution is -2.24. The molecule has 0 aliphatic heterocycles. The molecule has 170 valence electrons. The van der Waals surface area contributed by atoms with Crippen molar-refractivity contribution in [3.8, 4) is 0 Å². The van der Waals surface area contributed by atoms with E-state index in [4.69, 9.17) is 0 Å². The highest BCUT2D eigenvalue weighted by Crippen LogP contribution is 2.73. The zero-order valence-corrected chi connectivity index (χ0v) is 20.0. The van der Waals surface area contributed by atoms with Crippen LogP contribution in [-0.2, 0) is 0 Å². The third-order valence-corrected chi connectivity index (χ3v) is 16.6. The molecule has 0 heterocycles. The molecule has 7 heteroatoms. The largest absolute Gasteiger partial charge is 0.673 e. The van der Waals surface area contributed by atoms with E-state index in [0.717, 1.165) is 5.40 Å². The molecule has 0 nitrogen and oxygen atoms in total. The van der Waals surface area contributed by atoms with Gasteiger partial charge in [0.25, 0.3) is 0 Å². The highest BCUT2D eigenvalue weighted by molar-refractivity contribution is 7.77. The first kappa shape index (κ1) is 24.3. The summed E-state index contributed by atoms with van der Waals surface area (Å²) >= 11 is 0. The van der Waals surface area contributed by atoms with Gasteiger partial charge in [-0.25, -0.2) is 0 Å². The Morgan fingerprint density at radius 2 is 0.690 bits per heavy atom. The quantitative estimate of drug-likeness (QED) is 0.214. The number of hydrogen-bond donors (Lipinski definition) is 0. The Kier molecular flexibility index (Phi) is 9.63. The van der Waals surface area contributed by atoms with Crippen LogP contribution in [0.1, 0.15) is 110 Å². The van der Waals surface area contributed by atoms with E-state index < -0.39 is 7.25 Å². The minimum Gasteiger partial charge on any atom is -0.418 e. The minimum absolute atomic E-state index is 0.333. The lowest BCUT2D eigenvalue weighted by atomic mass is 10.3. The summed E-state index contributed by atoms with van der Waals surface area (Å²) in [5, 5.41) is 1.16. The fourth-order valence-electron chi connectivity index (χ4n) is 6.78. The van der Waals surface area contributed by atoms with Gasteiger partial charge < -0.3 is 17.3 Å². The average molecular weight is 453 g/mol. The highest BCUT2D eigenvalue weighted by atomic mass is 31.2. The molecule has 4 aliphatic rings. The maximum atomic E-state index is 9.75. The predicted molar refractivity (Wildman–Crippen MR) is 123 cm³/mol. The van der Waals surface area contributed by atoms with Gasteiger partial charge in [-0.3, -0.25) is 0 Å². The Morgan fingerprint density at radius 1 is 0.517 bits per heavy atom. The molecular formula is C22H40BF4P2-. The summed E-state index contributed by atoms with van der Waals surface area (Å²) in [5.41, 5.74) is 4.74. The summed E-state index contributed by atoms with van der Waals surface area (Å²) in [4.78, 5) is 0. The van der Waals surface area contributed by atoms with Gasteiger partial charge in [-0.05, 0) is 79.4 Å². The molecule has 0 radical (unpaired) electrons. The van der Waals surface area contributed by atoms with E-state index in [0.29, 0.717) is 15.8 Å². The molecule has 0 aromatic rings. The smallest absolute Gasteiger partial charge is 0.418 e. The first-order valence-corrected chi connectivity index (χ1v) is 15.4. The van der Waals surface area contributed by atoms with Crippen molar-refractivity contribution >= 4 is 23.1 Å². The molecule has 4 rings (SSSR count). The molecule has 0 amide bonds. The van der Waals surface area contributed by atoms with Gasteiger partial charge >= 0.3 is 7.25 Å². The van der Waals surface area contributed by atoms with Crippen molar-refractivity contribution in [3.63, 3.8) is 0 Å². The average Bonchev–Trinajstić information content (AvgIpc) is 3.44. The van der Waals surface area contributed by atoms with E-state index in [9.17, 15) is 17.3 Å². The van der Waals surface area contributed by atoms with Crippen LogP contribution in [0.4, 0.5) is 17.3 Å². The van der Waals surface area contributed by atoms with E-state index in [1.165, 1.54) is 22.6 Å². The van der Waals surface area contributed by atoms with Crippen molar-refractivity contribution in [2.45, 2.75) is 138 Å². The van der Waals surface area contributed by atoms with Crippen molar-refractivity contribution in [1.82, 2.24) is 0 Å². The van der Waals surface area contributed by atoms with Gasteiger partial charge in [-0.2, -0.15) is 0 Å². The Hall–Kier alpha value is 0.645. The van der Waals surface area contributed by atoms with Gasteiger partial charge in [0.05, 0.1) is 0 Å². The molecular weight excluding hydrogens is 413 g/mol. The number of halogens is 4. The van der Waals surface area contributed by atoms with Crippen molar-refractivity contribution in [2.75, 3.05) is 0 Å². The lowest BCUT2D eigenvalue weighted by molar-refractivity contribution is 0.368. The van der Waals surface area contributed by atoms with Crippen LogP contribution < -0.4 is 0 Å². The van der Waals surface area contributed by atoms with Crippen LogP contribution in [0.2, 0.25) is 0 Å². The Bertz CT molecular complexity index is 392. The standard InChI is InChI=1S/C22H40P2.BF4/c1-18(23(19-10-2-3-11-19)20-12-4-5-13-20)24(21-14-6-7-15-21)22-16-8-9-17-22;2-1(3,4)5/h18-22H,2-17H2,1H3;/q;-1. The molecule has 0 aromatic heterocycles. The molecule has 0 N–H and O–H groups in total. The van der Waals surface area contributed by atoms with Crippen LogP contribution in [0, 0.1) is 0 Å². The summed E-state index contributed by atoms with van der Waals surface area (Å²) in [6, 6.07) is 0. The van der Waals surface area contributed by atoms with Crippen LogP contribution in [0.3, 0.4) is 0 Å². The minimum atomic E-state index is -6.00. The van der Waals surface area contributed by atoms with Gasteiger partial charge in [0.15, 0.2) is 0 Å². The van der Waals surface area contributed by atoms with Crippen LogP contribution in [-0.4, -0.2) is 35.3 Å². The molecule has 4 aliphatic carbocycles. The summed E-state index contributed by atoms with van der Waals surface area (Å²) in [7, 11) is -5.33. The molecule has 0 aromatic carbocycles. The highest BCUT2D eigenvalue weighted by Gasteiger charge is 2.43. The van der Waals surface area contributed by atoms with E-state index >= 15 is 0 Å². The second-order valence-electron chi connectivity index (χ2n) is 9.77. The van der Waals surface area contributed by atoms with Gasteiger partial charge in [0.1, 0.15) is 0 Å². The van der Waals surface area contributed by atoms with Crippen LogP contribution in [0.25, 0.3) is 0 Å². The van der Waals surface area contributed by atoms with Crippen molar-refractivity contribution in [3.05, 3.63) is 0 Å². The van der Waals surface area contributed by atoms with E-state index in [1.54, 1.807) is 103 Å². The SMILES string of the molecule is CC(P(C1CCCC1)C1CCCC1)P(C1CCCC1)C1CCCC1.F[B-](F)(F)F.